The lowest BCUT2D eigenvalue weighted by atomic mass is 10.1. The van der Waals surface area contributed by atoms with Gasteiger partial charge >= 0.3 is 0 Å². The van der Waals surface area contributed by atoms with Gasteiger partial charge in [-0.2, -0.15) is 0 Å². The lowest BCUT2D eigenvalue weighted by Crippen LogP contribution is -2.36. The molecular weight excluding hydrogens is 218 g/mol. The van der Waals surface area contributed by atoms with Crippen LogP contribution in [0.1, 0.15) is 46.0 Å². The minimum atomic E-state index is 0.0621. The van der Waals surface area contributed by atoms with Gasteiger partial charge in [-0.3, -0.25) is 0 Å². The minimum Gasteiger partial charge on any atom is -0.385 e. The van der Waals surface area contributed by atoms with Crippen molar-refractivity contribution in [2.75, 3.05) is 13.7 Å². The van der Waals surface area contributed by atoms with Gasteiger partial charge < -0.3 is 10.1 Å². The summed E-state index contributed by atoms with van der Waals surface area (Å²) in [5.41, 5.74) is 0.0621. The average Bonchev–Trinajstić information content (AvgIpc) is 2.70. The van der Waals surface area contributed by atoms with Crippen molar-refractivity contribution in [3.63, 3.8) is 0 Å². The van der Waals surface area contributed by atoms with Crippen LogP contribution < -0.4 is 5.32 Å². The quantitative estimate of drug-likeness (QED) is 0.809. The van der Waals surface area contributed by atoms with Crippen LogP contribution in [0, 0.1) is 0 Å². The molecule has 17 heavy (non-hydrogen) atoms. The van der Waals surface area contributed by atoms with Crippen LogP contribution in [-0.2, 0) is 11.3 Å². The molecule has 0 radical (unpaired) electrons. The van der Waals surface area contributed by atoms with E-state index in [9.17, 15) is 0 Å². The van der Waals surface area contributed by atoms with Crippen molar-refractivity contribution >= 4 is 0 Å². The molecule has 1 unspecified atom stereocenters. The molecule has 6 nitrogen and oxygen atoms in total. The SMILES string of the molecule is COCCC(C)n1nnnc1CNC(C)(C)C. The fraction of sp³-hybridized carbons (Fsp3) is 0.909. The van der Waals surface area contributed by atoms with Gasteiger partial charge in [0, 0.05) is 19.3 Å². The molecule has 0 amide bonds. The van der Waals surface area contributed by atoms with Gasteiger partial charge in [0.15, 0.2) is 5.82 Å². The van der Waals surface area contributed by atoms with Crippen LogP contribution in [0.3, 0.4) is 0 Å². The number of rotatable bonds is 6. The highest BCUT2D eigenvalue weighted by atomic mass is 16.5. The molecule has 0 aromatic carbocycles. The highest BCUT2D eigenvalue weighted by Crippen LogP contribution is 2.11. The maximum absolute atomic E-state index is 5.07. The van der Waals surface area contributed by atoms with E-state index in [4.69, 9.17) is 4.74 Å². The number of tetrazole rings is 1. The van der Waals surface area contributed by atoms with E-state index < -0.39 is 0 Å². The van der Waals surface area contributed by atoms with E-state index in [0.717, 1.165) is 12.2 Å². The van der Waals surface area contributed by atoms with E-state index in [1.807, 2.05) is 4.68 Å². The average molecular weight is 241 g/mol. The highest BCUT2D eigenvalue weighted by Gasteiger charge is 2.15. The molecule has 1 rings (SSSR count). The Bertz CT molecular complexity index is 331. The smallest absolute Gasteiger partial charge is 0.165 e. The molecule has 1 aromatic heterocycles. The van der Waals surface area contributed by atoms with Crippen LogP contribution in [0.5, 0.6) is 0 Å². The van der Waals surface area contributed by atoms with Gasteiger partial charge in [-0.15, -0.1) is 5.10 Å². The number of methoxy groups -OCH3 is 1. The zero-order valence-corrected chi connectivity index (χ0v) is 11.4. The molecule has 1 aromatic rings. The van der Waals surface area contributed by atoms with Gasteiger partial charge in [0.25, 0.3) is 0 Å². The summed E-state index contributed by atoms with van der Waals surface area (Å²) in [5.74, 6) is 0.864. The van der Waals surface area contributed by atoms with E-state index >= 15 is 0 Å². The van der Waals surface area contributed by atoms with Crippen LogP contribution in [-0.4, -0.2) is 39.5 Å². The summed E-state index contributed by atoms with van der Waals surface area (Å²) in [7, 11) is 1.70. The molecule has 0 saturated heterocycles. The molecule has 0 aliphatic heterocycles. The summed E-state index contributed by atoms with van der Waals surface area (Å²) < 4.78 is 6.93. The summed E-state index contributed by atoms with van der Waals surface area (Å²) in [6.45, 7) is 9.84. The van der Waals surface area contributed by atoms with Crippen molar-refractivity contribution in [1.82, 2.24) is 25.5 Å². The maximum atomic E-state index is 5.07. The number of hydrogen-bond acceptors (Lipinski definition) is 5. The Morgan fingerprint density at radius 2 is 2.12 bits per heavy atom. The van der Waals surface area contributed by atoms with Gasteiger partial charge in [-0.25, -0.2) is 4.68 Å². The predicted molar refractivity (Wildman–Crippen MR) is 65.6 cm³/mol. The summed E-state index contributed by atoms with van der Waals surface area (Å²) in [6, 6.07) is 0.252. The Morgan fingerprint density at radius 3 is 2.71 bits per heavy atom. The second-order valence-corrected chi connectivity index (χ2v) is 5.27. The summed E-state index contributed by atoms with van der Waals surface area (Å²) >= 11 is 0. The summed E-state index contributed by atoms with van der Waals surface area (Å²) in [5, 5.41) is 15.2. The van der Waals surface area contributed by atoms with Crippen LogP contribution in [0.2, 0.25) is 0 Å². The van der Waals surface area contributed by atoms with E-state index in [1.54, 1.807) is 7.11 Å². The lowest BCUT2D eigenvalue weighted by Gasteiger charge is -2.20. The molecule has 0 fully saturated rings. The van der Waals surface area contributed by atoms with E-state index in [-0.39, 0.29) is 11.6 Å². The van der Waals surface area contributed by atoms with Crippen molar-refractivity contribution in [1.29, 1.82) is 0 Å². The van der Waals surface area contributed by atoms with Crippen LogP contribution in [0.25, 0.3) is 0 Å². The Hall–Kier alpha value is -1.01. The van der Waals surface area contributed by atoms with Gasteiger partial charge in [-0.1, -0.05) is 0 Å². The number of aromatic nitrogens is 4. The second kappa shape index (κ2) is 6.07. The number of nitrogens with zero attached hydrogens (tertiary/aromatic N) is 4. The van der Waals surface area contributed by atoms with Crippen molar-refractivity contribution in [2.45, 2.75) is 52.2 Å². The molecule has 1 N–H and O–H groups in total. The lowest BCUT2D eigenvalue weighted by molar-refractivity contribution is 0.177. The maximum Gasteiger partial charge on any atom is 0.165 e. The first kappa shape index (κ1) is 14.1. The van der Waals surface area contributed by atoms with Crippen molar-refractivity contribution < 1.29 is 4.74 Å². The van der Waals surface area contributed by atoms with Gasteiger partial charge in [0.05, 0.1) is 12.6 Å². The number of ether oxygens (including phenoxy) is 1. The largest absolute Gasteiger partial charge is 0.385 e. The van der Waals surface area contributed by atoms with Gasteiger partial charge in [0.1, 0.15) is 0 Å². The Labute approximate surface area is 103 Å². The topological polar surface area (TPSA) is 64.9 Å². The molecule has 98 valence electrons. The molecule has 1 atom stereocenters. The van der Waals surface area contributed by atoms with Crippen molar-refractivity contribution in [3.8, 4) is 0 Å². The zero-order chi connectivity index (χ0) is 12.9. The summed E-state index contributed by atoms with van der Waals surface area (Å²) in [6.07, 6.45) is 0.907. The summed E-state index contributed by atoms with van der Waals surface area (Å²) in [4.78, 5) is 0. The highest BCUT2D eigenvalue weighted by molar-refractivity contribution is 4.85. The molecular formula is C11H23N5O. The molecule has 0 saturated carbocycles. The molecule has 0 aliphatic carbocycles. The standard InChI is InChI=1S/C11H23N5O/c1-9(6-7-17-5)16-10(13-14-15-16)8-12-11(2,3)4/h9,12H,6-8H2,1-5H3. The third kappa shape index (κ3) is 4.79. The van der Waals surface area contributed by atoms with Crippen LogP contribution in [0.15, 0.2) is 0 Å². The van der Waals surface area contributed by atoms with Crippen LogP contribution >= 0.6 is 0 Å². The molecule has 0 bridgehead atoms. The first-order valence-corrected chi connectivity index (χ1v) is 5.95. The minimum absolute atomic E-state index is 0.0621. The normalized spacial score (nSPS) is 13.9. The fourth-order valence-corrected chi connectivity index (χ4v) is 1.43. The fourth-order valence-electron chi connectivity index (χ4n) is 1.43. The third-order valence-electron chi connectivity index (χ3n) is 2.50. The molecule has 0 aliphatic rings. The first-order valence-electron chi connectivity index (χ1n) is 5.95. The first-order chi connectivity index (χ1) is 7.94. The van der Waals surface area contributed by atoms with Crippen molar-refractivity contribution in [3.05, 3.63) is 5.82 Å². The zero-order valence-electron chi connectivity index (χ0n) is 11.4. The van der Waals surface area contributed by atoms with Crippen molar-refractivity contribution in [2.24, 2.45) is 0 Å². The Kier molecular flexibility index (Phi) is 5.02. The second-order valence-electron chi connectivity index (χ2n) is 5.27. The van der Waals surface area contributed by atoms with E-state index in [2.05, 4.69) is 48.5 Å². The molecule has 6 heteroatoms. The van der Waals surface area contributed by atoms with E-state index in [1.165, 1.54) is 0 Å². The molecule has 1 heterocycles. The Balaban J connectivity index is 2.59. The molecule has 0 spiro atoms. The van der Waals surface area contributed by atoms with Gasteiger partial charge in [-0.05, 0) is 44.5 Å². The third-order valence-corrected chi connectivity index (χ3v) is 2.50. The Morgan fingerprint density at radius 1 is 1.41 bits per heavy atom. The van der Waals surface area contributed by atoms with Gasteiger partial charge in [0.2, 0.25) is 0 Å². The number of nitrogens with one attached hydrogen (secondary N) is 1. The number of hydrogen-bond donors (Lipinski definition) is 1. The monoisotopic (exact) mass is 241 g/mol. The van der Waals surface area contributed by atoms with Crippen LogP contribution in [0.4, 0.5) is 0 Å². The van der Waals surface area contributed by atoms with E-state index in [0.29, 0.717) is 13.2 Å². The predicted octanol–water partition coefficient (Wildman–Crippen LogP) is 1.16.